The standard InChI is InChI=1S/C24H28N4O6/c1-3-33-21-13-17(9-10-20(21)34-16-22(29)28-11-4-5-12-28)15-25-27-24(31)23(30)26-18-7-6-8-19(14-18)32-2/h6-10,13-15H,3-5,11-12,16H2,1-2H3,(H,26,30)(H,27,31)/b25-15-. The number of nitrogens with zero attached hydrogens (tertiary/aromatic N) is 2. The van der Waals surface area contributed by atoms with Crippen molar-refractivity contribution >= 4 is 29.6 Å². The van der Waals surface area contributed by atoms with Crippen LogP contribution in [-0.2, 0) is 14.4 Å². The maximum absolute atomic E-state index is 12.2. The van der Waals surface area contributed by atoms with Crippen LogP contribution in [0, 0.1) is 0 Å². The van der Waals surface area contributed by atoms with E-state index in [9.17, 15) is 14.4 Å². The Hall–Kier alpha value is -4.08. The Bertz CT molecular complexity index is 1050. The van der Waals surface area contributed by atoms with Crippen molar-refractivity contribution in [3.05, 3.63) is 48.0 Å². The largest absolute Gasteiger partial charge is 0.497 e. The Labute approximate surface area is 197 Å². The maximum atomic E-state index is 12.2. The molecule has 1 fully saturated rings. The summed E-state index contributed by atoms with van der Waals surface area (Å²) in [7, 11) is 1.51. The molecule has 3 amide bonds. The number of carbonyl (C=O) groups excluding carboxylic acids is 3. The highest BCUT2D eigenvalue weighted by Crippen LogP contribution is 2.28. The molecule has 0 aliphatic carbocycles. The smallest absolute Gasteiger partial charge is 0.329 e. The normalized spacial score (nSPS) is 12.9. The fourth-order valence-electron chi connectivity index (χ4n) is 3.29. The average Bonchev–Trinajstić information content (AvgIpc) is 3.39. The lowest BCUT2D eigenvalue weighted by atomic mass is 10.2. The van der Waals surface area contributed by atoms with Crippen molar-refractivity contribution < 1.29 is 28.6 Å². The molecule has 180 valence electrons. The molecule has 34 heavy (non-hydrogen) atoms. The van der Waals surface area contributed by atoms with E-state index < -0.39 is 11.8 Å². The third-order valence-corrected chi connectivity index (χ3v) is 4.99. The first-order valence-electron chi connectivity index (χ1n) is 11.0. The lowest BCUT2D eigenvalue weighted by Crippen LogP contribution is -2.32. The molecule has 0 atom stereocenters. The predicted molar refractivity (Wildman–Crippen MR) is 126 cm³/mol. The van der Waals surface area contributed by atoms with E-state index in [2.05, 4.69) is 15.8 Å². The monoisotopic (exact) mass is 468 g/mol. The number of nitrogens with one attached hydrogen (secondary N) is 2. The molecule has 0 unspecified atom stereocenters. The number of hydrazone groups is 1. The third kappa shape index (κ3) is 6.96. The number of ether oxygens (including phenoxy) is 3. The number of likely N-dealkylation sites (tertiary alicyclic amines) is 1. The predicted octanol–water partition coefficient (Wildman–Crippen LogP) is 2.18. The molecule has 0 aromatic heterocycles. The summed E-state index contributed by atoms with van der Waals surface area (Å²) in [5.74, 6) is -0.415. The molecule has 1 aliphatic heterocycles. The number of methoxy groups -OCH3 is 1. The van der Waals surface area contributed by atoms with Gasteiger partial charge in [-0.25, -0.2) is 5.43 Å². The van der Waals surface area contributed by atoms with Crippen molar-refractivity contribution in [3.63, 3.8) is 0 Å². The van der Waals surface area contributed by atoms with Crippen molar-refractivity contribution in [2.45, 2.75) is 19.8 Å². The highest BCUT2D eigenvalue weighted by molar-refractivity contribution is 6.39. The first-order chi connectivity index (χ1) is 16.5. The number of hydrogen-bond acceptors (Lipinski definition) is 7. The van der Waals surface area contributed by atoms with E-state index in [0.717, 1.165) is 25.9 Å². The van der Waals surface area contributed by atoms with E-state index >= 15 is 0 Å². The summed E-state index contributed by atoms with van der Waals surface area (Å²) in [6, 6.07) is 11.7. The van der Waals surface area contributed by atoms with Crippen LogP contribution in [0.4, 0.5) is 5.69 Å². The molecular weight excluding hydrogens is 440 g/mol. The minimum Gasteiger partial charge on any atom is -0.497 e. The van der Waals surface area contributed by atoms with Crippen LogP contribution < -0.4 is 25.0 Å². The van der Waals surface area contributed by atoms with E-state index in [1.54, 1.807) is 47.4 Å². The Morgan fingerprint density at radius 1 is 1.03 bits per heavy atom. The second-order valence-corrected chi connectivity index (χ2v) is 7.40. The average molecular weight is 469 g/mol. The molecular formula is C24H28N4O6. The van der Waals surface area contributed by atoms with Gasteiger partial charge in [-0.05, 0) is 55.7 Å². The Kier molecular flexibility index (Phi) is 8.84. The van der Waals surface area contributed by atoms with Crippen LogP contribution in [0.2, 0.25) is 0 Å². The summed E-state index contributed by atoms with van der Waals surface area (Å²) in [5, 5.41) is 6.30. The van der Waals surface area contributed by atoms with Gasteiger partial charge in [-0.1, -0.05) is 6.07 Å². The van der Waals surface area contributed by atoms with E-state index in [1.807, 2.05) is 6.92 Å². The van der Waals surface area contributed by atoms with E-state index in [4.69, 9.17) is 14.2 Å². The zero-order valence-electron chi connectivity index (χ0n) is 19.2. The van der Waals surface area contributed by atoms with E-state index in [-0.39, 0.29) is 12.5 Å². The van der Waals surface area contributed by atoms with Crippen LogP contribution in [0.3, 0.4) is 0 Å². The van der Waals surface area contributed by atoms with Gasteiger partial charge >= 0.3 is 11.8 Å². The van der Waals surface area contributed by atoms with Crippen molar-refractivity contribution in [2.24, 2.45) is 5.10 Å². The summed E-state index contributed by atoms with van der Waals surface area (Å²) in [6.07, 6.45) is 3.41. The highest BCUT2D eigenvalue weighted by Gasteiger charge is 2.19. The summed E-state index contributed by atoms with van der Waals surface area (Å²) in [4.78, 5) is 38.1. The van der Waals surface area contributed by atoms with Crippen molar-refractivity contribution in [2.75, 3.05) is 38.7 Å². The molecule has 0 bridgehead atoms. The number of carbonyl (C=O) groups is 3. The lowest BCUT2D eigenvalue weighted by Gasteiger charge is -2.17. The van der Waals surface area contributed by atoms with Crippen LogP contribution >= 0.6 is 0 Å². The quantitative estimate of drug-likeness (QED) is 0.331. The number of amides is 3. The molecule has 1 heterocycles. The number of benzene rings is 2. The van der Waals surface area contributed by atoms with Crippen LogP contribution in [0.15, 0.2) is 47.6 Å². The van der Waals surface area contributed by atoms with Gasteiger partial charge in [-0.3, -0.25) is 14.4 Å². The van der Waals surface area contributed by atoms with Crippen molar-refractivity contribution in [1.29, 1.82) is 0 Å². The minimum absolute atomic E-state index is 0.0551. The Morgan fingerprint density at radius 2 is 1.82 bits per heavy atom. The molecule has 10 nitrogen and oxygen atoms in total. The van der Waals surface area contributed by atoms with Gasteiger partial charge in [0.25, 0.3) is 5.91 Å². The van der Waals surface area contributed by atoms with Gasteiger partial charge in [0.15, 0.2) is 18.1 Å². The van der Waals surface area contributed by atoms with Gasteiger partial charge in [0.2, 0.25) is 0 Å². The topological polar surface area (TPSA) is 119 Å². The molecule has 0 radical (unpaired) electrons. The van der Waals surface area contributed by atoms with Gasteiger partial charge in [0.1, 0.15) is 5.75 Å². The molecule has 1 aliphatic rings. The van der Waals surface area contributed by atoms with E-state index in [0.29, 0.717) is 35.1 Å². The molecule has 0 saturated carbocycles. The highest BCUT2D eigenvalue weighted by atomic mass is 16.5. The second-order valence-electron chi connectivity index (χ2n) is 7.40. The molecule has 2 aromatic carbocycles. The van der Waals surface area contributed by atoms with Gasteiger partial charge in [-0.2, -0.15) is 5.10 Å². The van der Waals surface area contributed by atoms with Crippen molar-refractivity contribution in [3.8, 4) is 17.2 Å². The number of anilines is 1. The summed E-state index contributed by atoms with van der Waals surface area (Å²) in [6.45, 7) is 3.70. The molecule has 1 saturated heterocycles. The molecule has 0 spiro atoms. The van der Waals surface area contributed by atoms with Crippen LogP contribution in [0.5, 0.6) is 17.2 Å². The fraction of sp³-hybridized carbons (Fsp3) is 0.333. The molecule has 3 rings (SSSR count). The fourth-order valence-corrected chi connectivity index (χ4v) is 3.29. The zero-order chi connectivity index (χ0) is 24.3. The first kappa shape index (κ1) is 24.6. The van der Waals surface area contributed by atoms with Gasteiger partial charge in [0, 0.05) is 24.8 Å². The third-order valence-electron chi connectivity index (χ3n) is 4.99. The summed E-state index contributed by atoms with van der Waals surface area (Å²) in [5.41, 5.74) is 3.21. The zero-order valence-corrected chi connectivity index (χ0v) is 19.2. The number of hydrogen-bond donors (Lipinski definition) is 2. The lowest BCUT2D eigenvalue weighted by molar-refractivity contribution is -0.136. The van der Waals surface area contributed by atoms with Crippen LogP contribution in [-0.4, -0.2) is 62.2 Å². The van der Waals surface area contributed by atoms with Crippen LogP contribution in [0.25, 0.3) is 0 Å². The molecule has 2 N–H and O–H groups in total. The number of rotatable bonds is 9. The Balaban J connectivity index is 1.55. The van der Waals surface area contributed by atoms with Gasteiger partial charge < -0.3 is 24.4 Å². The maximum Gasteiger partial charge on any atom is 0.329 e. The Morgan fingerprint density at radius 3 is 2.56 bits per heavy atom. The summed E-state index contributed by atoms with van der Waals surface area (Å²) < 4.78 is 16.4. The van der Waals surface area contributed by atoms with Gasteiger partial charge in [-0.15, -0.1) is 0 Å². The van der Waals surface area contributed by atoms with Crippen LogP contribution in [0.1, 0.15) is 25.3 Å². The first-order valence-corrected chi connectivity index (χ1v) is 11.0. The SMILES string of the molecule is CCOc1cc(/C=N\NC(=O)C(=O)Nc2cccc(OC)c2)ccc1OCC(=O)N1CCCC1. The second kappa shape index (κ2) is 12.2. The van der Waals surface area contributed by atoms with Gasteiger partial charge in [0.05, 0.1) is 19.9 Å². The van der Waals surface area contributed by atoms with Crippen molar-refractivity contribution in [1.82, 2.24) is 10.3 Å². The summed E-state index contributed by atoms with van der Waals surface area (Å²) >= 11 is 0. The van der Waals surface area contributed by atoms with E-state index in [1.165, 1.54) is 13.3 Å². The molecule has 10 heteroatoms. The molecule has 2 aromatic rings. The minimum atomic E-state index is -0.926.